The first-order chi connectivity index (χ1) is 9.20. The van der Waals surface area contributed by atoms with E-state index < -0.39 is 0 Å². The highest BCUT2D eigenvalue weighted by Gasteiger charge is 2.19. The zero-order chi connectivity index (χ0) is 13.7. The molecule has 1 saturated carbocycles. The van der Waals surface area contributed by atoms with Gasteiger partial charge in [0.05, 0.1) is 0 Å². The number of benzene rings is 1. The molecule has 1 aliphatic carbocycles. The monoisotopic (exact) mass is 260 g/mol. The summed E-state index contributed by atoms with van der Waals surface area (Å²) in [6.07, 6.45) is 5.51. The summed E-state index contributed by atoms with van der Waals surface area (Å²) >= 11 is 0. The van der Waals surface area contributed by atoms with Crippen LogP contribution in [0, 0.1) is 12.8 Å². The average molecular weight is 260 g/mol. The SMILES string of the molecule is CNC(CCN(C)CC1CCC1)c1ccccc1C. The third-order valence-corrected chi connectivity index (χ3v) is 4.51. The fraction of sp³-hybridized carbons (Fsp3) is 0.647. The smallest absolute Gasteiger partial charge is 0.0332 e. The van der Waals surface area contributed by atoms with Crippen molar-refractivity contribution >= 4 is 0 Å². The number of hydrogen-bond donors (Lipinski definition) is 1. The highest BCUT2D eigenvalue weighted by atomic mass is 15.1. The molecule has 0 aliphatic heterocycles. The summed E-state index contributed by atoms with van der Waals surface area (Å²) in [5.41, 5.74) is 2.84. The second kappa shape index (κ2) is 7.06. The van der Waals surface area contributed by atoms with Crippen LogP contribution >= 0.6 is 0 Å². The molecule has 0 bridgehead atoms. The molecule has 106 valence electrons. The molecule has 19 heavy (non-hydrogen) atoms. The molecule has 2 heteroatoms. The molecule has 2 rings (SSSR count). The van der Waals surface area contributed by atoms with Crippen LogP contribution in [-0.2, 0) is 0 Å². The molecule has 2 nitrogen and oxygen atoms in total. The standard InChI is InChI=1S/C17H28N2/c1-14-7-4-5-10-16(14)17(18-2)11-12-19(3)13-15-8-6-9-15/h4-5,7,10,15,17-18H,6,8-9,11-13H2,1-3H3. The van der Waals surface area contributed by atoms with Crippen molar-refractivity contribution in [3.8, 4) is 0 Å². The quantitative estimate of drug-likeness (QED) is 0.808. The van der Waals surface area contributed by atoms with Gasteiger partial charge in [0.15, 0.2) is 0 Å². The Morgan fingerprint density at radius 2 is 2.05 bits per heavy atom. The maximum Gasteiger partial charge on any atom is 0.0332 e. The highest BCUT2D eigenvalue weighted by molar-refractivity contribution is 5.28. The summed E-state index contributed by atoms with van der Waals surface area (Å²) in [7, 11) is 4.34. The van der Waals surface area contributed by atoms with Gasteiger partial charge in [0.1, 0.15) is 0 Å². The second-order valence-corrected chi connectivity index (χ2v) is 6.05. The van der Waals surface area contributed by atoms with Crippen LogP contribution in [-0.4, -0.2) is 32.1 Å². The molecule has 1 aromatic carbocycles. The molecule has 1 aliphatic rings. The normalized spacial score (nSPS) is 17.5. The molecule has 1 fully saturated rings. The van der Waals surface area contributed by atoms with Gasteiger partial charge in [-0.15, -0.1) is 0 Å². The van der Waals surface area contributed by atoms with Crippen molar-refractivity contribution in [2.24, 2.45) is 5.92 Å². The van der Waals surface area contributed by atoms with E-state index in [1.807, 2.05) is 0 Å². The van der Waals surface area contributed by atoms with E-state index >= 15 is 0 Å². The second-order valence-electron chi connectivity index (χ2n) is 6.05. The number of aryl methyl sites for hydroxylation is 1. The molecule has 0 aromatic heterocycles. The minimum Gasteiger partial charge on any atom is -0.313 e. The van der Waals surface area contributed by atoms with Crippen molar-refractivity contribution in [3.63, 3.8) is 0 Å². The molecular weight excluding hydrogens is 232 g/mol. The summed E-state index contributed by atoms with van der Waals surface area (Å²) in [5, 5.41) is 3.47. The van der Waals surface area contributed by atoms with E-state index in [2.05, 4.69) is 55.5 Å². The molecular formula is C17H28N2. The molecule has 1 atom stereocenters. The van der Waals surface area contributed by atoms with Crippen molar-refractivity contribution < 1.29 is 0 Å². The molecule has 1 N–H and O–H groups in total. The van der Waals surface area contributed by atoms with Crippen molar-refractivity contribution in [1.82, 2.24) is 10.2 Å². The number of nitrogens with one attached hydrogen (secondary N) is 1. The van der Waals surface area contributed by atoms with Crippen molar-refractivity contribution in [3.05, 3.63) is 35.4 Å². The first-order valence-corrected chi connectivity index (χ1v) is 7.62. The Morgan fingerprint density at radius 3 is 2.63 bits per heavy atom. The zero-order valence-corrected chi connectivity index (χ0v) is 12.7. The molecule has 0 amide bonds. The van der Waals surface area contributed by atoms with Gasteiger partial charge in [0.25, 0.3) is 0 Å². The van der Waals surface area contributed by atoms with Crippen LogP contribution in [0.15, 0.2) is 24.3 Å². The van der Waals surface area contributed by atoms with Gasteiger partial charge in [0.2, 0.25) is 0 Å². The van der Waals surface area contributed by atoms with E-state index in [4.69, 9.17) is 0 Å². The van der Waals surface area contributed by atoms with Crippen molar-refractivity contribution in [1.29, 1.82) is 0 Å². The third-order valence-electron chi connectivity index (χ3n) is 4.51. The van der Waals surface area contributed by atoms with Gasteiger partial charge in [-0.1, -0.05) is 30.7 Å². The molecule has 1 unspecified atom stereocenters. The van der Waals surface area contributed by atoms with Gasteiger partial charge in [0, 0.05) is 12.6 Å². The minimum atomic E-state index is 0.477. The maximum atomic E-state index is 3.47. The lowest BCUT2D eigenvalue weighted by Crippen LogP contribution is -2.32. The Balaban J connectivity index is 1.83. The maximum absolute atomic E-state index is 3.47. The van der Waals surface area contributed by atoms with Gasteiger partial charge < -0.3 is 10.2 Å². The Hall–Kier alpha value is -0.860. The van der Waals surface area contributed by atoms with E-state index in [0.29, 0.717) is 6.04 Å². The van der Waals surface area contributed by atoms with E-state index in [0.717, 1.165) is 5.92 Å². The van der Waals surface area contributed by atoms with Crippen LogP contribution in [0.25, 0.3) is 0 Å². The Bertz CT molecular complexity index is 385. The summed E-state index contributed by atoms with van der Waals surface area (Å²) in [4.78, 5) is 2.51. The number of rotatable bonds is 7. The molecule has 0 saturated heterocycles. The van der Waals surface area contributed by atoms with Gasteiger partial charge in [-0.3, -0.25) is 0 Å². The first kappa shape index (κ1) is 14.5. The largest absolute Gasteiger partial charge is 0.313 e. The summed E-state index contributed by atoms with van der Waals surface area (Å²) in [6.45, 7) is 4.66. The highest BCUT2D eigenvalue weighted by Crippen LogP contribution is 2.27. The van der Waals surface area contributed by atoms with Crippen LogP contribution in [0.5, 0.6) is 0 Å². The molecule has 0 spiro atoms. The van der Waals surface area contributed by atoms with Crippen LogP contribution in [0.2, 0.25) is 0 Å². The Morgan fingerprint density at radius 1 is 1.32 bits per heavy atom. The van der Waals surface area contributed by atoms with Gasteiger partial charge >= 0.3 is 0 Å². The number of nitrogens with zero attached hydrogens (tertiary/aromatic N) is 1. The summed E-state index contributed by atoms with van der Waals surface area (Å²) < 4.78 is 0. The molecule has 0 heterocycles. The molecule has 1 aromatic rings. The zero-order valence-electron chi connectivity index (χ0n) is 12.7. The number of hydrogen-bond acceptors (Lipinski definition) is 2. The van der Waals surface area contributed by atoms with Gasteiger partial charge in [-0.2, -0.15) is 0 Å². The van der Waals surface area contributed by atoms with Gasteiger partial charge in [-0.25, -0.2) is 0 Å². The Labute approximate surface area is 118 Å². The Kier molecular flexibility index (Phi) is 5.41. The minimum absolute atomic E-state index is 0.477. The lowest BCUT2D eigenvalue weighted by atomic mass is 9.85. The fourth-order valence-electron chi connectivity index (χ4n) is 2.99. The van der Waals surface area contributed by atoms with Crippen molar-refractivity contribution in [2.75, 3.05) is 27.2 Å². The van der Waals surface area contributed by atoms with Crippen LogP contribution in [0.1, 0.15) is 42.9 Å². The van der Waals surface area contributed by atoms with Crippen LogP contribution in [0.4, 0.5) is 0 Å². The topological polar surface area (TPSA) is 15.3 Å². The lowest BCUT2D eigenvalue weighted by molar-refractivity contribution is 0.199. The summed E-state index contributed by atoms with van der Waals surface area (Å²) in [5.74, 6) is 0.969. The lowest BCUT2D eigenvalue weighted by Gasteiger charge is -2.31. The molecule has 0 radical (unpaired) electrons. The average Bonchev–Trinajstić information content (AvgIpc) is 2.36. The van der Waals surface area contributed by atoms with Crippen LogP contribution < -0.4 is 5.32 Å². The van der Waals surface area contributed by atoms with E-state index in [1.165, 1.54) is 49.9 Å². The van der Waals surface area contributed by atoms with E-state index in [1.54, 1.807) is 0 Å². The fourth-order valence-corrected chi connectivity index (χ4v) is 2.99. The predicted molar refractivity (Wildman–Crippen MR) is 82.4 cm³/mol. The van der Waals surface area contributed by atoms with Crippen LogP contribution in [0.3, 0.4) is 0 Å². The van der Waals surface area contributed by atoms with Crippen molar-refractivity contribution in [2.45, 2.75) is 38.6 Å². The van der Waals surface area contributed by atoms with E-state index in [-0.39, 0.29) is 0 Å². The summed E-state index contributed by atoms with van der Waals surface area (Å²) in [6, 6.07) is 9.20. The predicted octanol–water partition coefficient (Wildman–Crippen LogP) is 3.38. The first-order valence-electron chi connectivity index (χ1n) is 7.62. The third kappa shape index (κ3) is 4.05. The van der Waals surface area contributed by atoms with E-state index in [9.17, 15) is 0 Å². The van der Waals surface area contributed by atoms with Gasteiger partial charge in [-0.05, 0) is 63.9 Å².